The number of carbonyl (C=O) groups excluding carboxylic acids is 1. The third kappa shape index (κ3) is 3.56. The molecule has 3 rings (SSSR count). The van der Waals surface area contributed by atoms with Crippen LogP contribution in [0.4, 0.5) is 11.5 Å². The highest BCUT2D eigenvalue weighted by Gasteiger charge is 2.19. The van der Waals surface area contributed by atoms with Gasteiger partial charge in [-0.15, -0.1) is 11.8 Å². The lowest BCUT2D eigenvalue weighted by atomic mass is 10.1. The number of anilines is 1. The van der Waals surface area contributed by atoms with E-state index in [2.05, 4.69) is 15.5 Å². The van der Waals surface area contributed by atoms with Gasteiger partial charge in [-0.05, 0) is 36.1 Å². The Labute approximate surface area is 157 Å². The molecule has 0 aliphatic rings. The summed E-state index contributed by atoms with van der Waals surface area (Å²) in [4.78, 5) is 22.9. The standard InChI is InChI=1S/C17H13ClN4O3S/c1-26-17-14(10-6-8-11(9-7-10)22(24)25)15(20-21-17)19-16(23)12-4-2-3-5-13(12)18/h2-9H,1H3,(H2,19,20,21,23). The van der Waals surface area contributed by atoms with Crippen LogP contribution in [0.15, 0.2) is 53.6 Å². The molecule has 0 atom stereocenters. The highest BCUT2D eigenvalue weighted by molar-refractivity contribution is 7.98. The SMILES string of the molecule is CSc1n[nH]c(NC(=O)c2ccccc2Cl)c1-c1ccc([N+](=O)[O-])cc1. The van der Waals surface area contributed by atoms with E-state index in [1.54, 1.807) is 36.4 Å². The van der Waals surface area contributed by atoms with Gasteiger partial charge in [0, 0.05) is 12.1 Å². The molecule has 9 heteroatoms. The number of carbonyl (C=O) groups is 1. The van der Waals surface area contributed by atoms with Crippen molar-refractivity contribution in [1.29, 1.82) is 0 Å². The summed E-state index contributed by atoms with van der Waals surface area (Å²) in [5.41, 5.74) is 1.68. The van der Waals surface area contributed by atoms with Gasteiger partial charge in [0.15, 0.2) is 0 Å². The van der Waals surface area contributed by atoms with Crippen LogP contribution in [0.1, 0.15) is 10.4 Å². The van der Waals surface area contributed by atoms with Crippen LogP contribution in [0.25, 0.3) is 11.1 Å². The largest absolute Gasteiger partial charge is 0.306 e. The van der Waals surface area contributed by atoms with Gasteiger partial charge >= 0.3 is 0 Å². The van der Waals surface area contributed by atoms with Crippen molar-refractivity contribution in [2.24, 2.45) is 0 Å². The van der Waals surface area contributed by atoms with E-state index in [0.29, 0.717) is 32.6 Å². The third-order valence-corrected chi connectivity index (χ3v) is 4.66. The summed E-state index contributed by atoms with van der Waals surface area (Å²) in [6.07, 6.45) is 1.85. The van der Waals surface area contributed by atoms with Crippen molar-refractivity contribution in [2.75, 3.05) is 11.6 Å². The first-order valence-electron chi connectivity index (χ1n) is 7.44. The van der Waals surface area contributed by atoms with Gasteiger partial charge in [-0.25, -0.2) is 0 Å². The summed E-state index contributed by atoms with van der Waals surface area (Å²) in [6, 6.07) is 12.8. The van der Waals surface area contributed by atoms with E-state index in [-0.39, 0.29) is 11.6 Å². The van der Waals surface area contributed by atoms with E-state index in [0.717, 1.165) is 0 Å². The summed E-state index contributed by atoms with van der Waals surface area (Å²) in [5, 5.41) is 21.6. The second-order valence-corrected chi connectivity index (χ2v) is 6.42. The van der Waals surface area contributed by atoms with Gasteiger partial charge in [-0.3, -0.25) is 20.0 Å². The molecule has 0 unspecified atom stereocenters. The molecule has 0 saturated heterocycles. The van der Waals surface area contributed by atoms with Crippen LogP contribution in [-0.4, -0.2) is 27.3 Å². The number of halogens is 1. The Balaban J connectivity index is 1.96. The van der Waals surface area contributed by atoms with E-state index in [9.17, 15) is 14.9 Å². The summed E-state index contributed by atoms with van der Waals surface area (Å²) in [6.45, 7) is 0. The molecular weight excluding hydrogens is 376 g/mol. The number of hydrogen-bond acceptors (Lipinski definition) is 5. The van der Waals surface area contributed by atoms with Crippen LogP contribution in [-0.2, 0) is 0 Å². The maximum Gasteiger partial charge on any atom is 0.269 e. The predicted molar refractivity (Wildman–Crippen MR) is 102 cm³/mol. The van der Waals surface area contributed by atoms with Crippen molar-refractivity contribution in [2.45, 2.75) is 5.03 Å². The number of amides is 1. The van der Waals surface area contributed by atoms with Crippen LogP contribution in [0, 0.1) is 10.1 Å². The van der Waals surface area contributed by atoms with Crippen molar-refractivity contribution >= 4 is 40.8 Å². The fraction of sp³-hybridized carbons (Fsp3) is 0.0588. The Hall–Kier alpha value is -2.84. The van der Waals surface area contributed by atoms with E-state index in [1.807, 2.05) is 6.26 Å². The number of rotatable bonds is 5. The molecule has 0 aliphatic heterocycles. The van der Waals surface area contributed by atoms with Gasteiger partial charge in [0.05, 0.1) is 21.1 Å². The number of nitrogens with one attached hydrogen (secondary N) is 2. The average molecular weight is 389 g/mol. The van der Waals surface area contributed by atoms with E-state index >= 15 is 0 Å². The van der Waals surface area contributed by atoms with Crippen LogP contribution < -0.4 is 5.32 Å². The van der Waals surface area contributed by atoms with E-state index in [4.69, 9.17) is 11.6 Å². The first-order valence-corrected chi connectivity index (χ1v) is 9.04. The highest BCUT2D eigenvalue weighted by atomic mass is 35.5. The Morgan fingerprint density at radius 1 is 1.23 bits per heavy atom. The fourth-order valence-electron chi connectivity index (χ4n) is 2.41. The summed E-state index contributed by atoms with van der Waals surface area (Å²) in [7, 11) is 0. The normalized spacial score (nSPS) is 10.5. The van der Waals surface area contributed by atoms with Crippen LogP contribution in [0.3, 0.4) is 0 Å². The molecule has 1 amide bonds. The number of nitro groups is 1. The molecule has 0 radical (unpaired) electrons. The molecule has 26 heavy (non-hydrogen) atoms. The van der Waals surface area contributed by atoms with Crippen LogP contribution in [0.5, 0.6) is 0 Å². The molecule has 0 bridgehead atoms. The van der Waals surface area contributed by atoms with Gasteiger partial charge in [-0.1, -0.05) is 23.7 Å². The maximum absolute atomic E-state index is 12.5. The average Bonchev–Trinajstić information content (AvgIpc) is 3.04. The molecule has 0 fully saturated rings. The highest BCUT2D eigenvalue weighted by Crippen LogP contribution is 2.35. The third-order valence-electron chi connectivity index (χ3n) is 3.65. The first-order chi connectivity index (χ1) is 12.5. The number of aromatic nitrogens is 2. The molecule has 2 N–H and O–H groups in total. The summed E-state index contributed by atoms with van der Waals surface area (Å²) >= 11 is 7.46. The zero-order valence-electron chi connectivity index (χ0n) is 13.5. The molecule has 0 aliphatic carbocycles. The van der Waals surface area contributed by atoms with Crippen LogP contribution >= 0.6 is 23.4 Å². The van der Waals surface area contributed by atoms with E-state index in [1.165, 1.54) is 23.9 Å². The number of aromatic amines is 1. The minimum absolute atomic E-state index is 0.00963. The molecule has 132 valence electrons. The number of nitro benzene ring substituents is 1. The first kappa shape index (κ1) is 18.0. The van der Waals surface area contributed by atoms with Crippen molar-refractivity contribution in [3.63, 3.8) is 0 Å². The Kier molecular flexibility index (Phi) is 5.24. The Morgan fingerprint density at radius 3 is 2.54 bits per heavy atom. The lowest BCUT2D eigenvalue weighted by Crippen LogP contribution is -2.13. The summed E-state index contributed by atoms with van der Waals surface area (Å²) < 4.78 is 0. The van der Waals surface area contributed by atoms with Gasteiger partial charge in [0.2, 0.25) is 0 Å². The van der Waals surface area contributed by atoms with Crippen molar-refractivity contribution in [3.05, 3.63) is 69.2 Å². The minimum atomic E-state index is -0.464. The lowest BCUT2D eigenvalue weighted by molar-refractivity contribution is -0.384. The molecule has 7 nitrogen and oxygen atoms in total. The van der Waals surface area contributed by atoms with Gasteiger partial charge in [0.25, 0.3) is 11.6 Å². The van der Waals surface area contributed by atoms with Crippen molar-refractivity contribution in [3.8, 4) is 11.1 Å². The molecule has 3 aromatic rings. The molecule has 1 heterocycles. The fourth-order valence-corrected chi connectivity index (χ4v) is 3.19. The molecule has 1 aromatic heterocycles. The van der Waals surface area contributed by atoms with Gasteiger partial charge in [-0.2, -0.15) is 5.10 Å². The monoisotopic (exact) mass is 388 g/mol. The Bertz CT molecular complexity index is 972. The number of hydrogen-bond donors (Lipinski definition) is 2. The minimum Gasteiger partial charge on any atom is -0.306 e. The van der Waals surface area contributed by atoms with Gasteiger partial charge < -0.3 is 5.32 Å². The maximum atomic E-state index is 12.5. The molecular formula is C17H13ClN4O3S. The number of thioether (sulfide) groups is 1. The van der Waals surface area contributed by atoms with Crippen molar-refractivity contribution < 1.29 is 9.72 Å². The number of benzene rings is 2. The predicted octanol–water partition coefficient (Wildman–Crippen LogP) is 4.61. The van der Waals surface area contributed by atoms with Gasteiger partial charge in [0.1, 0.15) is 10.8 Å². The lowest BCUT2D eigenvalue weighted by Gasteiger charge is -2.08. The van der Waals surface area contributed by atoms with E-state index < -0.39 is 4.92 Å². The second kappa shape index (κ2) is 7.59. The molecule has 0 saturated carbocycles. The summed E-state index contributed by atoms with van der Waals surface area (Å²) in [5.74, 6) is 0.0168. The smallest absolute Gasteiger partial charge is 0.269 e. The zero-order valence-corrected chi connectivity index (χ0v) is 15.1. The Morgan fingerprint density at radius 2 is 1.92 bits per heavy atom. The quantitative estimate of drug-likeness (QED) is 0.377. The van der Waals surface area contributed by atoms with Crippen LogP contribution in [0.2, 0.25) is 5.02 Å². The number of H-pyrrole nitrogens is 1. The van der Waals surface area contributed by atoms with Crippen molar-refractivity contribution in [1.82, 2.24) is 10.2 Å². The second-order valence-electron chi connectivity index (χ2n) is 5.22. The number of non-ortho nitro benzene ring substituents is 1. The molecule has 2 aromatic carbocycles. The number of nitrogens with zero attached hydrogens (tertiary/aromatic N) is 2. The molecule has 0 spiro atoms. The topological polar surface area (TPSA) is 101 Å². The zero-order chi connectivity index (χ0) is 18.7.